The average molecular weight is 314 g/mol. The second kappa shape index (κ2) is 10.7. The second-order valence-electron chi connectivity index (χ2n) is 3.94. The van der Waals surface area contributed by atoms with Gasteiger partial charge in [0.25, 0.3) is 0 Å². The van der Waals surface area contributed by atoms with E-state index in [1.807, 2.05) is 18.2 Å². The first-order valence-corrected chi connectivity index (χ1v) is 5.69. The van der Waals surface area contributed by atoms with Crippen molar-refractivity contribution in [3.05, 3.63) is 28.8 Å². The van der Waals surface area contributed by atoms with Crippen LogP contribution in [0.3, 0.4) is 0 Å². The number of benzene rings is 1. The minimum Gasteiger partial charge on any atom is -1.00 e. The van der Waals surface area contributed by atoms with E-state index in [4.69, 9.17) is 16.3 Å². The molecule has 0 saturated heterocycles. The van der Waals surface area contributed by atoms with Crippen molar-refractivity contribution < 1.29 is 29.6 Å². The van der Waals surface area contributed by atoms with Gasteiger partial charge in [0.15, 0.2) is 0 Å². The molecule has 0 aliphatic carbocycles. The van der Waals surface area contributed by atoms with E-state index in [-0.39, 0.29) is 24.8 Å². The van der Waals surface area contributed by atoms with Gasteiger partial charge < -0.3 is 39.8 Å². The van der Waals surface area contributed by atoms with E-state index in [1.54, 1.807) is 7.11 Å². The Bertz CT molecular complexity index is 335. The lowest BCUT2D eigenvalue weighted by Gasteiger charge is -2.12. The maximum absolute atomic E-state index is 5.95. The van der Waals surface area contributed by atoms with Crippen molar-refractivity contribution in [3.63, 3.8) is 0 Å². The standard InChI is InChI=1S/C12H19ClN2O.2ClH/c1-15(2)7-6-14-9-10-8-11(13)4-5-12(10)16-3;;/h4-5,8,14H,6-7,9H2,1-3H3;2*1H/p-2. The summed E-state index contributed by atoms with van der Waals surface area (Å²) < 4.78 is 5.27. The Balaban J connectivity index is 0. The zero-order valence-corrected chi connectivity index (χ0v) is 13.1. The maximum atomic E-state index is 5.95. The van der Waals surface area contributed by atoms with Gasteiger partial charge in [-0.05, 0) is 32.3 Å². The molecule has 0 spiro atoms. The zero-order chi connectivity index (χ0) is 12.0. The van der Waals surface area contributed by atoms with Gasteiger partial charge in [0.1, 0.15) is 5.75 Å². The number of rotatable bonds is 6. The minimum atomic E-state index is 0. The molecule has 0 amide bonds. The van der Waals surface area contributed by atoms with E-state index in [2.05, 4.69) is 24.3 Å². The summed E-state index contributed by atoms with van der Waals surface area (Å²) in [5.74, 6) is 0.877. The van der Waals surface area contributed by atoms with Gasteiger partial charge in [-0.3, -0.25) is 0 Å². The highest BCUT2D eigenvalue weighted by molar-refractivity contribution is 6.30. The molecule has 0 saturated carbocycles. The predicted octanol–water partition coefficient (Wildman–Crippen LogP) is -3.99. The summed E-state index contributed by atoms with van der Waals surface area (Å²) in [7, 11) is 5.79. The van der Waals surface area contributed by atoms with Crippen molar-refractivity contribution in [1.82, 2.24) is 10.2 Å². The Morgan fingerprint density at radius 3 is 2.50 bits per heavy atom. The summed E-state index contributed by atoms with van der Waals surface area (Å²) in [4.78, 5) is 2.14. The van der Waals surface area contributed by atoms with Crippen LogP contribution in [0.2, 0.25) is 5.02 Å². The predicted molar refractivity (Wildman–Crippen MR) is 68.3 cm³/mol. The lowest BCUT2D eigenvalue weighted by Crippen LogP contribution is -3.00. The largest absolute Gasteiger partial charge is 1.00 e. The van der Waals surface area contributed by atoms with Crippen molar-refractivity contribution in [2.75, 3.05) is 34.3 Å². The van der Waals surface area contributed by atoms with Gasteiger partial charge in [-0.1, -0.05) is 11.6 Å². The van der Waals surface area contributed by atoms with Crippen molar-refractivity contribution in [2.24, 2.45) is 0 Å². The molecule has 0 unspecified atom stereocenters. The molecule has 106 valence electrons. The molecule has 0 radical (unpaired) electrons. The molecule has 0 aromatic heterocycles. The first-order chi connectivity index (χ1) is 7.63. The Labute approximate surface area is 127 Å². The third-order valence-electron chi connectivity index (χ3n) is 2.29. The summed E-state index contributed by atoms with van der Waals surface area (Å²) in [6, 6.07) is 5.66. The molecule has 0 aliphatic heterocycles. The summed E-state index contributed by atoms with van der Waals surface area (Å²) >= 11 is 5.95. The molecule has 1 N–H and O–H groups in total. The smallest absolute Gasteiger partial charge is 0.123 e. The van der Waals surface area contributed by atoms with Crippen LogP contribution < -0.4 is 34.9 Å². The Morgan fingerprint density at radius 2 is 1.94 bits per heavy atom. The summed E-state index contributed by atoms with van der Waals surface area (Å²) in [5, 5.41) is 4.10. The molecule has 18 heavy (non-hydrogen) atoms. The van der Waals surface area contributed by atoms with Crippen molar-refractivity contribution in [3.8, 4) is 5.75 Å². The van der Waals surface area contributed by atoms with E-state index >= 15 is 0 Å². The molecular weight excluding hydrogens is 295 g/mol. The number of nitrogens with zero attached hydrogens (tertiary/aromatic N) is 1. The lowest BCUT2D eigenvalue weighted by molar-refractivity contribution is -0.00100. The number of nitrogens with one attached hydrogen (secondary N) is 1. The first kappa shape index (κ1) is 20.1. The van der Waals surface area contributed by atoms with E-state index in [0.717, 1.165) is 36.0 Å². The SMILES string of the molecule is COc1ccc(Cl)cc1CNCCN(C)C.[Cl-].[Cl-]. The van der Waals surface area contributed by atoms with Crippen LogP contribution in [-0.4, -0.2) is 39.2 Å². The van der Waals surface area contributed by atoms with Crippen molar-refractivity contribution in [2.45, 2.75) is 6.54 Å². The lowest BCUT2D eigenvalue weighted by atomic mass is 10.2. The zero-order valence-electron chi connectivity index (χ0n) is 10.8. The topological polar surface area (TPSA) is 24.5 Å². The molecular formula is C12H19Cl3N2O-2. The van der Waals surface area contributed by atoms with Crippen LogP contribution in [0.5, 0.6) is 5.75 Å². The highest BCUT2D eigenvalue weighted by Gasteiger charge is 2.03. The van der Waals surface area contributed by atoms with Crippen molar-refractivity contribution >= 4 is 11.6 Å². The number of ether oxygens (including phenoxy) is 1. The first-order valence-electron chi connectivity index (χ1n) is 5.31. The molecule has 6 heteroatoms. The molecule has 0 heterocycles. The number of hydrogen-bond donors (Lipinski definition) is 1. The molecule has 3 nitrogen and oxygen atoms in total. The fourth-order valence-corrected chi connectivity index (χ4v) is 1.61. The molecule has 0 aliphatic rings. The Kier molecular flexibility index (Phi) is 12.0. The van der Waals surface area contributed by atoms with Gasteiger partial charge in [-0.15, -0.1) is 0 Å². The molecule has 0 atom stereocenters. The van der Waals surface area contributed by atoms with Gasteiger partial charge in [-0.2, -0.15) is 0 Å². The van der Waals surface area contributed by atoms with Gasteiger partial charge in [0.2, 0.25) is 0 Å². The monoisotopic (exact) mass is 312 g/mol. The fourth-order valence-electron chi connectivity index (χ4n) is 1.41. The Morgan fingerprint density at radius 1 is 1.28 bits per heavy atom. The van der Waals surface area contributed by atoms with Crippen LogP contribution in [0, 0.1) is 0 Å². The van der Waals surface area contributed by atoms with E-state index in [9.17, 15) is 0 Å². The third kappa shape index (κ3) is 7.29. The third-order valence-corrected chi connectivity index (χ3v) is 2.53. The average Bonchev–Trinajstić information content (AvgIpc) is 2.24. The van der Waals surface area contributed by atoms with Crippen LogP contribution in [0.1, 0.15) is 5.56 Å². The van der Waals surface area contributed by atoms with Gasteiger partial charge in [0.05, 0.1) is 7.11 Å². The highest BCUT2D eigenvalue weighted by atomic mass is 35.5. The van der Waals surface area contributed by atoms with Crippen LogP contribution in [0.15, 0.2) is 18.2 Å². The molecule has 1 aromatic rings. The van der Waals surface area contributed by atoms with Crippen LogP contribution in [0.25, 0.3) is 0 Å². The van der Waals surface area contributed by atoms with Crippen LogP contribution in [0.4, 0.5) is 0 Å². The number of halogens is 3. The van der Waals surface area contributed by atoms with Crippen molar-refractivity contribution in [1.29, 1.82) is 0 Å². The maximum Gasteiger partial charge on any atom is 0.123 e. The summed E-state index contributed by atoms with van der Waals surface area (Å²) in [6.45, 7) is 2.74. The number of methoxy groups -OCH3 is 1. The second-order valence-corrected chi connectivity index (χ2v) is 4.37. The molecule has 0 fully saturated rings. The number of likely N-dealkylation sites (N-methyl/N-ethyl adjacent to an activating group) is 1. The fraction of sp³-hybridized carbons (Fsp3) is 0.500. The number of hydrogen-bond acceptors (Lipinski definition) is 3. The summed E-state index contributed by atoms with van der Waals surface area (Å²) in [6.07, 6.45) is 0. The van der Waals surface area contributed by atoms with E-state index in [0.29, 0.717) is 0 Å². The molecule has 1 rings (SSSR count). The minimum absolute atomic E-state index is 0. The quantitative estimate of drug-likeness (QED) is 0.542. The molecule has 0 bridgehead atoms. The molecule has 1 aromatic carbocycles. The van der Waals surface area contributed by atoms with Gasteiger partial charge >= 0.3 is 0 Å². The normalized spacial score (nSPS) is 9.61. The highest BCUT2D eigenvalue weighted by Crippen LogP contribution is 2.22. The van der Waals surface area contributed by atoms with Crippen LogP contribution in [-0.2, 0) is 6.54 Å². The van der Waals surface area contributed by atoms with Gasteiger partial charge in [-0.25, -0.2) is 0 Å². The van der Waals surface area contributed by atoms with E-state index < -0.39 is 0 Å². The Hall–Kier alpha value is -0.190. The van der Waals surface area contributed by atoms with Crippen LogP contribution >= 0.6 is 11.6 Å². The van der Waals surface area contributed by atoms with E-state index in [1.165, 1.54) is 0 Å². The van der Waals surface area contributed by atoms with Gasteiger partial charge in [0, 0.05) is 30.2 Å². The summed E-state index contributed by atoms with van der Waals surface area (Å²) in [5.41, 5.74) is 1.09.